The monoisotopic (exact) mass is 667 g/mol. The molecule has 0 radical (unpaired) electrons. The van der Waals surface area contributed by atoms with Crippen molar-refractivity contribution in [3.63, 3.8) is 0 Å². The first-order valence-corrected chi connectivity index (χ1v) is 18.2. The Balaban J connectivity index is 1.13. The molecule has 0 amide bonds. The number of ether oxygens (including phenoxy) is 1. The molecule has 0 fully saturated rings. The van der Waals surface area contributed by atoms with Crippen molar-refractivity contribution in [3.8, 4) is 56.3 Å². The zero-order valence-corrected chi connectivity index (χ0v) is 28.3. The van der Waals surface area contributed by atoms with Crippen LogP contribution in [0.25, 0.3) is 64.9 Å². The van der Waals surface area contributed by atoms with Crippen molar-refractivity contribution < 1.29 is 4.74 Å². The quantitative estimate of drug-likeness (QED) is 0.187. The molecule has 238 valence electrons. The second kappa shape index (κ2) is 10.9. The summed E-state index contributed by atoms with van der Waals surface area (Å²) >= 11 is 1.85. The third kappa shape index (κ3) is 4.13. The van der Waals surface area contributed by atoms with Crippen molar-refractivity contribution in [2.24, 2.45) is 0 Å². The highest BCUT2D eigenvalue weighted by Gasteiger charge is 2.51. The van der Waals surface area contributed by atoms with Crippen LogP contribution in [0.2, 0.25) is 0 Å². The van der Waals surface area contributed by atoms with E-state index >= 15 is 0 Å². The van der Waals surface area contributed by atoms with Gasteiger partial charge in [0, 0.05) is 42.4 Å². The molecule has 2 aromatic heterocycles. The Morgan fingerprint density at radius 3 is 1.71 bits per heavy atom. The average molecular weight is 668 g/mol. The second-order valence-electron chi connectivity index (χ2n) is 13.5. The number of rotatable bonds is 3. The molecule has 0 atom stereocenters. The summed E-state index contributed by atoms with van der Waals surface area (Å²) in [5.74, 6) is 1.82. The summed E-state index contributed by atoms with van der Waals surface area (Å²) in [6.07, 6.45) is 0. The van der Waals surface area contributed by atoms with Gasteiger partial charge >= 0.3 is 0 Å². The molecule has 7 aromatic carbocycles. The Bertz CT molecular complexity index is 2730. The number of aromatic nitrogens is 1. The molecule has 1 aliphatic heterocycles. The summed E-state index contributed by atoms with van der Waals surface area (Å²) in [6, 6.07) is 63.4. The fourth-order valence-electron chi connectivity index (χ4n) is 8.52. The van der Waals surface area contributed by atoms with Gasteiger partial charge in [-0.2, -0.15) is 0 Å². The highest BCUT2D eigenvalue weighted by atomic mass is 32.1. The minimum absolute atomic E-state index is 0.470. The highest BCUT2D eigenvalue weighted by molar-refractivity contribution is 7.25. The second-order valence-corrected chi connectivity index (χ2v) is 14.5. The van der Waals surface area contributed by atoms with E-state index in [1.165, 1.54) is 59.1 Å². The van der Waals surface area contributed by atoms with Gasteiger partial charge in [-0.3, -0.25) is 0 Å². The molecule has 9 aromatic rings. The molecule has 2 nitrogen and oxygen atoms in total. The smallest absolute Gasteiger partial charge is 0.132 e. The Hall–Kier alpha value is -6.29. The standard InChI is InChI=1S/C48H29NOS/c1-3-13-30(14-4-1)33-26-42(31-15-5-2-6-16-31)49-43(27-33)32-23-24-46-36(25-32)37-28-45-41(29-47(37)51-46)48(40-21-11-12-22-44(40)50-45)38-19-9-7-17-34(38)35-18-8-10-20-39(35)48/h1-29H. The van der Waals surface area contributed by atoms with Crippen LogP contribution in [0.3, 0.4) is 0 Å². The maximum absolute atomic E-state index is 6.86. The first-order valence-electron chi connectivity index (χ1n) is 17.4. The average Bonchev–Trinajstić information content (AvgIpc) is 3.71. The van der Waals surface area contributed by atoms with Gasteiger partial charge in [0.05, 0.1) is 16.8 Å². The first-order chi connectivity index (χ1) is 25.3. The number of fused-ring (bicyclic) bond motifs is 12. The largest absolute Gasteiger partial charge is 0.457 e. The third-order valence-corrected chi connectivity index (χ3v) is 11.9. The number of hydrogen-bond acceptors (Lipinski definition) is 3. The van der Waals surface area contributed by atoms with E-state index in [2.05, 4.69) is 170 Å². The Kier molecular flexibility index (Phi) is 6.07. The van der Waals surface area contributed by atoms with Crippen molar-refractivity contribution in [2.75, 3.05) is 0 Å². The van der Waals surface area contributed by atoms with Gasteiger partial charge in [-0.25, -0.2) is 4.98 Å². The Morgan fingerprint density at radius 2 is 0.980 bits per heavy atom. The van der Waals surface area contributed by atoms with E-state index in [1.807, 2.05) is 17.4 Å². The molecule has 3 heteroatoms. The topological polar surface area (TPSA) is 22.1 Å². The zero-order chi connectivity index (χ0) is 33.5. The first kappa shape index (κ1) is 28.5. The van der Waals surface area contributed by atoms with Gasteiger partial charge in [-0.05, 0) is 75.8 Å². The number of nitrogens with zero attached hydrogens (tertiary/aromatic N) is 1. The molecular formula is C48H29NOS. The molecule has 1 spiro atoms. The predicted molar refractivity (Wildman–Crippen MR) is 211 cm³/mol. The van der Waals surface area contributed by atoms with Crippen molar-refractivity contribution in [1.82, 2.24) is 4.98 Å². The molecule has 11 rings (SSSR count). The van der Waals surface area contributed by atoms with E-state index in [4.69, 9.17) is 9.72 Å². The van der Waals surface area contributed by atoms with Gasteiger partial charge in [0.15, 0.2) is 0 Å². The van der Waals surface area contributed by atoms with E-state index < -0.39 is 5.41 Å². The van der Waals surface area contributed by atoms with Crippen LogP contribution in [0.15, 0.2) is 176 Å². The van der Waals surface area contributed by atoms with Crippen LogP contribution in [0.5, 0.6) is 11.5 Å². The number of benzene rings is 7. The van der Waals surface area contributed by atoms with E-state index in [0.717, 1.165) is 39.6 Å². The van der Waals surface area contributed by atoms with Crippen LogP contribution in [-0.2, 0) is 5.41 Å². The van der Waals surface area contributed by atoms with Crippen LogP contribution in [0, 0.1) is 0 Å². The predicted octanol–water partition coefficient (Wildman–Crippen LogP) is 12.9. The van der Waals surface area contributed by atoms with Gasteiger partial charge in [-0.1, -0.05) is 133 Å². The summed E-state index contributed by atoms with van der Waals surface area (Å²) in [7, 11) is 0. The maximum Gasteiger partial charge on any atom is 0.132 e. The lowest BCUT2D eigenvalue weighted by molar-refractivity contribution is 0.437. The Labute approximate surface area is 299 Å². The molecule has 0 saturated carbocycles. The van der Waals surface area contributed by atoms with Crippen LogP contribution in [-0.4, -0.2) is 4.98 Å². The molecule has 0 N–H and O–H groups in total. The van der Waals surface area contributed by atoms with Crippen molar-refractivity contribution in [2.45, 2.75) is 5.41 Å². The van der Waals surface area contributed by atoms with Crippen molar-refractivity contribution in [1.29, 1.82) is 0 Å². The lowest BCUT2D eigenvalue weighted by atomic mass is 9.66. The third-order valence-electron chi connectivity index (χ3n) is 10.7. The van der Waals surface area contributed by atoms with Crippen molar-refractivity contribution in [3.05, 3.63) is 198 Å². The van der Waals surface area contributed by atoms with Gasteiger partial charge in [0.25, 0.3) is 0 Å². The zero-order valence-electron chi connectivity index (χ0n) is 27.5. The van der Waals surface area contributed by atoms with Crippen LogP contribution in [0.4, 0.5) is 0 Å². The van der Waals surface area contributed by atoms with Crippen LogP contribution < -0.4 is 4.74 Å². The number of pyridine rings is 1. The summed E-state index contributed by atoms with van der Waals surface area (Å²) in [5, 5.41) is 2.42. The molecule has 51 heavy (non-hydrogen) atoms. The number of para-hydroxylation sites is 1. The summed E-state index contributed by atoms with van der Waals surface area (Å²) < 4.78 is 9.36. The van der Waals surface area contributed by atoms with Crippen LogP contribution >= 0.6 is 11.3 Å². The van der Waals surface area contributed by atoms with E-state index in [-0.39, 0.29) is 0 Å². The molecule has 0 bridgehead atoms. The normalized spacial score (nSPS) is 13.4. The maximum atomic E-state index is 6.86. The summed E-state index contributed by atoms with van der Waals surface area (Å²) in [4.78, 5) is 5.24. The fourth-order valence-corrected chi connectivity index (χ4v) is 9.62. The summed E-state index contributed by atoms with van der Waals surface area (Å²) in [5.41, 5.74) is 13.6. The number of hydrogen-bond donors (Lipinski definition) is 0. The number of thiophene rings is 1. The van der Waals surface area contributed by atoms with Crippen molar-refractivity contribution >= 4 is 31.5 Å². The molecular weight excluding hydrogens is 639 g/mol. The minimum Gasteiger partial charge on any atom is -0.457 e. The lowest BCUT2D eigenvalue weighted by Gasteiger charge is -2.39. The summed E-state index contributed by atoms with van der Waals surface area (Å²) in [6.45, 7) is 0. The van der Waals surface area contributed by atoms with E-state index in [0.29, 0.717) is 0 Å². The molecule has 2 aliphatic rings. The van der Waals surface area contributed by atoms with Gasteiger partial charge in [0.1, 0.15) is 11.5 Å². The Morgan fingerprint density at radius 1 is 0.392 bits per heavy atom. The molecule has 3 heterocycles. The minimum atomic E-state index is -0.470. The molecule has 0 saturated heterocycles. The van der Waals surface area contributed by atoms with Gasteiger partial charge in [0.2, 0.25) is 0 Å². The molecule has 1 aliphatic carbocycles. The molecule has 0 unspecified atom stereocenters. The van der Waals surface area contributed by atoms with E-state index in [1.54, 1.807) is 0 Å². The lowest BCUT2D eigenvalue weighted by Crippen LogP contribution is -2.32. The fraction of sp³-hybridized carbons (Fsp3) is 0.0208. The van der Waals surface area contributed by atoms with Gasteiger partial charge < -0.3 is 4.74 Å². The SMILES string of the molecule is c1ccc(-c2cc(-c3ccccc3)nc(-c3ccc4sc5cc6c(cc5c4c3)Oc3ccccc3C63c4ccccc4-c4ccccc43)c2)cc1. The van der Waals surface area contributed by atoms with E-state index in [9.17, 15) is 0 Å². The van der Waals surface area contributed by atoms with Crippen LogP contribution in [0.1, 0.15) is 22.3 Å². The van der Waals surface area contributed by atoms with Gasteiger partial charge in [-0.15, -0.1) is 11.3 Å². The highest BCUT2D eigenvalue weighted by Crippen LogP contribution is 2.62.